The van der Waals surface area contributed by atoms with Gasteiger partial charge in [-0.2, -0.15) is 0 Å². The number of imidazole rings is 1. The zero-order valence-corrected chi connectivity index (χ0v) is 25.9. The summed E-state index contributed by atoms with van der Waals surface area (Å²) in [7, 11) is 1.75. The molecule has 1 fully saturated rings. The summed E-state index contributed by atoms with van der Waals surface area (Å²) in [5.41, 5.74) is 10.6. The molecule has 10 nitrogen and oxygen atoms in total. The number of pyridine rings is 1. The average Bonchev–Trinajstić information content (AvgIpc) is 3.39. The number of aromatic nitrogens is 3. The zero-order valence-electron chi connectivity index (χ0n) is 25.9. The highest BCUT2D eigenvalue weighted by Crippen LogP contribution is 2.29. The number of carboxylic acids is 1. The number of benzene rings is 2. The highest BCUT2D eigenvalue weighted by molar-refractivity contribution is 6.06. The fraction of sp³-hybridized carbons (Fsp3) is 0.471. The number of nitrogen functional groups attached to an aromatic ring is 1. The first-order chi connectivity index (χ1) is 21.4. The normalized spacial score (nSPS) is 14.4. The van der Waals surface area contributed by atoms with Crippen LogP contribution in [0.1, 0.15) is 56.0 Å². The fourth-order valence-corrected chi connectivity index (χ4v) is 6.21. The Morgan fingerprint density at radius 1 is 1.07 bits per heavy atom. The first-order valence-corrected chi connectivity index (χ1v) is 15.7. The molecule has 1 aliphatic heterocycles. The van der Waals surface area contributed by atoms with E-state index >= 15 is 0 Å². The first kappa shape index (κ1) is 31.4. The third-order valence-corrected chi connectivity index (χ3v) is 8.55. The number of carbonyl (C=O) groups excluding carboxylic acids is 1. The van der Waals surface area contributed by atoms with Crippen molar-refractivity contribution in [2.45, 2.75) is 71.1 Å². The molecule has 0 aliphatic carbocycles. The van der Waals surface area contributed by atoms with Crippen LogP contribution in [0, 0.1) is 0 Å². The highest BCUT2D eigenvalue weighted by atomic mass is 16.5. The molecular weight excluding hydrogens is 556 g/mol. The van der Waals surface area contributed by atoms with Crippen LogP contribution in [0.5, 0.6) is 0 Å². The van der Waals surface area contributed by atoms with Crippen molar-refractivity contribution in [3.05, 3.63) is 65.5 Å². The van der Waals surface area contributed by atoms with Gasteiger partial charge in [-0.15, -0.1) is 0 Å². The summed E-state index contributed by atoms with van der Waals surface area (Å²) in [6.45, 7) is 5.85. The first-order valence-electron chi connectivity index (χ1n) is 15.7. The van der Waals surface area contributed by atoms with Crippen LogP contribution in [0.3, 0.4) is 0 Å². The smallest absolute Gasteiger partial charge is 0.307 e. The van der Waals surface area contributed by atoms with Crippen LogP contribution in [0.15, 0.2) is 48.5 Å². The summed E-state index contributed by atoms with van der Waals surface area (Å²) in [4.78, 5) is 38.8. The van der Waals surface area contributed by atoms with Gasteiger partial charge >= 0.3 is 5.97 Å². The molecule has 0 atom stereocenters. The van der Waals surface area contributed by atoms with Gasteiger partial charge in [-0.3, -0.25) is 14.5 Å². The summed E-state index contributed by atoms with van der Waals surface area (Å²) in [6.07, 6.45) is 5.69. The third kappa shape index (κ3) is 7.54. The van der Waals surface area contributed by atoms with Gasteiger partial charge in [-0.05, 0) is 42.9 Å². The van der Waals surface area contributed by atoms with Gasteiger partial charge in [-0.1, -0.05) is 55.8 Å². The van der Waals surface area contributed by atoms with Crippen LogP contribution in [-0.4, -0.2) is 80.7 Å². The molecule has 4 aromatic rings. The van der Waals surface area contributed by atoms with E-state index in [0.29, 0.717) is 32.0 Å². The van der Waals surface area contributed by atoms with Gasteiger partial charge < -0.3 is 25.0 Å². The minimum Gasteiger partial charge on any atom is -0.481 e. The maximum Gasteiger partial charge on any atom is 0.307 e. The molecule has 1 saturated heterocycles. The minimum atomic E-state index is -0.871. The number of piperidine rings is 1. The van der Waals surface area contributed by atoms with Crippen molar-refractivity contribution in [2.75, 3.05) is 39.0 Å². The predicted octanol–water partition coefficient (Wildman–Crippen LogP) is 4.67. The molecule has 234 valence electrons. The van der Waals surface area contributed by atoms with E-state index in [1.54, 1.807) is 7.11 Å². The number of para-hydroxylation sites is 1. The minimum absolute atomic E-state index is 0.0452. The number of nitrogens with zero attached hydrogens (tertiary/aromatic N) is 5. The van der Waals surface area contributed by atoms with Gasteiger partial charge in [0.05, 0.1) is 30.1 Å². The Morgan fingerprint density at radius 2 is 1.84 bits per heavy atom. The molecule has 1 amide bonds. The molecule has 44 heavy (non-hydrogen) atoms. The van der Waals surface area contributed by atoms with E-state index in [9.17, 15) is 14.7 Å². The number of amides is 1. The van der Waals surface area contributed by atoms with E-state index in [1.807, 2.05) is 47.4 Å². The molecule has 2 aromatic carbocycles. The number of hydrogen-bond acceptors (Lipinski definition) is 7. The summed E-state index contributed by atoms with van der Waals surface area (Å²) < 4.78 is 7.79. The number of nitrogens with two attached hydrogens (primary N) is 1. The topological polar surface area (TPSA) is 127 Å². The predicted molar refractivity (Wildman–Crippen MR) is 172 cm³/mol. The number of likely N-dealkylation sites (tertiary alicyclic amines) is 1. The summed E-state index contributed by atoms with van der Waals surface area (Å²) in [5, 5.41) is 10.3. The summed E-state index contributed by atoms with van der Waals surface area (Å²) in [6, 6.07) is 15.6. The molecule has 0 bridgehead atoms. The maximum absolute atomic E-state index is 13.8. The van der Waals surface area contributed by atoms with E-state index in [1.165, 1.54) is 0 Å². The van der Waals surface area contributed by atoms with Gasteiger partial charge in [-0.25, -0.2) is 9.97 Å². The van der Waals surface area contributed by atoms with Gasteiger partial charge in [0.25, 0.3) is 0 Å². The quantitative estimate of drug-likeness (QED) is 0.214. The van der Waals surface area contributed by atoms with E-state index < -0.39 is 5.97 Å². The van der Waals surface area contributed by atoms with Gasteiger partial charge in [0.2, 0.25) is 5.91 Å². The number of unbranched alkanes of at least 4 members (excludes halogenated alkanes) is 1. The number of carboxylic acid groups (broad SMARTS) is 1. The lowest BCUT2D eigenvalue weighted by molar-refractivity contribution is -0.136. The number of aliphatic carboxylic acids is 1. The molecule has 0 unspecified atom stereocenters. The largest absolute Gasteiger partial charge is 0.481 e. The van der Waals surface area contributed by atoms with Gasteiger partial charge in [0.15, 0.2) is 5.82 Å². The lowest BCUT2D eigenvalue weighted by Gasteiger charge is -2.32. The Balaban J connectivity index is 1.38. The molecule has 0 saturated carbocycles. The highest BCUT2D eigenvalue weighted by Gasteiger charge is 2.24. The van der Waals surface area contributed by atoms with Gasteiger partial charge in [0, 0.05) is 51.6 Å². The number of aryl methyl sites for hydroxylation is 2. The van der Waals surface area contributed by atoms with E-state index in [0.717, 1.165) is 90.5 Å². The van der Waals surface area contributed by atoms with Crippen molar-refractivity contribution < 1.29 is 19.4 Å². The van der Waals surface area contributed by atoms with Crippen LogP contribution >= 0.6 is 0 Å². The number of methoxy groups -OCH3 is 1. The second kappa shape index (κ2) is 14.6. The van der Waals surface area contributed by atoms with Crippen molar-refractivity contribution in [1.82, 2.24) is 24.3 Å². The number of ether oxygens (including phenoxy) is 1. The van der Waals surface area contributed by atoms with Crippen LogP contribution in [0.2, 0.25) is 0 Å². The Labute approximate surface area is 258 Å². The molecule has 0 spiro atoms. The summed E-state index contributed by atoms with van der Waals surface area (Å²) in [5.74, 6) is 0.631. The van der Waals surface area contributed by atoms with E-state index in [-0.39, 0.29) is 18.4 Å². The third-order valence-electron chi connectivity index (χ3n) is 8.55. The second-order valence-electron chi connectivity index (χ2n) is 11.8. The Hall–Kier alpha value is -4.02. The Bertz CT molecular complexity index is 1590. The fourth-order valence-electron chi connectivity index (χ4n) is 6.21. The van der Waals surface area contributed by atoms with Crippen LogP contribution < -0.4 is 5.73 Å². The van der Waals surface area contributed by atoms with E-state index in [4.69, 9.17) is 15.5 Å². The average molecular weight is 601 g/mol. The number of hydrogen-bond donors (Lipinski definition) is 2. The molecule has 3 heterocycles. The maximum atomic E-state index is 13.8. The lowest BCUT2D eigenvalue weighted by Crippen LogP contribution is -2.44. The number of fused-ring (bicyclic) bond motifs is 3. The van der Waals surface area contributed by atoms with Crippen molar-refractivity contribution in [2.24, 2.45) is 0 Å². The van der Waals surface area contributed by atoms with Crippen molar-refractivity contribution in [3.63, 3.8) is 0 Å². The van der Waals surface area contributed by atoms with Crippen LogP contribution in [0.4, 0.5) is 5.82 Å². The van der Waals surface area contributed by atoms with E-state index in [2.05, 4.69) is 27.4 Å². The standard InChI is InChI=1S/C34H44N6O4/c1-3-4-13-29-37-32-33(27-11-5-6-12-28(27)36-34(32)35)40(29)17-8-16-39(22-25-10-7-9-24(20-25)21-31(42)43)30(41)23-38-18-14-26(44-2)15-19-38/h5-7,9-12,20,26H,3-4,8,13-19,21-23H2,1-2H3,(H2,35,36)(H,42,43). The van der Waals surface area contributed by atoms with Crippen molar-refractivity contribution in [1.29, 1.82) is 0 Å². The number of carbonyl (C=O) groups is 2. The summed E-state index contributed by atoms with van der Waals surface area (Å²) >= 11 is 0. The number of rotatable bonds is 14. The second-order valence-corrected chi connectivity index (χ2v) is 11.8. The zero-order chi connectivity index (χ0) is 31.1. The number of anilines is 1. The Morgan fingerprint density at radius 3 is 2.59 bits per heavy atom. The molecule has 3 N–H and O–H groups in total. The van der Waals surface area contributed by atoms with Crippen LogP contribution in [0.25, 0.3) is 21.9 Å². The lowest BCUT2D eigenvalue weighted by atomic mass is 10.1. The molecule has 2 aromatic heterocycles. The molecular formula is C34H44N6O4. The molecule has 1 aliphatic rings. The molecule has 5 rings (SSSR count). The molecule has 0 radical (unpaired) electrons. The monoisotopic (exact) mass is 600 g/mol. The molecule has 10 heteroatoms. The van der Waals surface area contributed by atoms with Gasteiger partial charge in [0.1, 0.15) is 11.3 Å². The van der Waals surface area contributed by atoms with Crippen molar-refractivity contribution >= 4 is 39.6 Å². The Kier molecular flexibility index (Phi) is 10.4. The van der Waals surface area contributed by atoms with Crippen molar-refractivity contribution in [3.8, 4) is 0 Å². The SMILES string of the molecule is CCCCc1nc2c(N)nc3ccccc3c2n1CCCN(Cc1cccc(CC(=O)O)c1)C(=O)CN1CCC(OC)CC1. The van der Waals surface area contributed by atoms with Crippen LogP contribution in [-0.2, 0) is 40.3 Å².